The van der Waals surface area contributed by atoms with Crippen LogP contribution in [0.1, 0.15) is 15.9 Å². The molecule has 2 rings (SSSR count). The number of anilines is 1. The van der Waals surface area contributed by atoms with Gasteiger partial charge in [0.1, 0.15) is 6.61 Å². The first-order valence-corrected chi connectivity index (χ1v) is 6.29. The first-order chi connectivity index (χ1) is 9.69. The van der Waals surface area contributed by atoms with Crippen LogP contribution in [0, 0.1) is 0 Å². The predicted molar refractivity (Wildman–Crippen MR) is 77.1 cm³/mol. The lowest BCUT2D eigenvalue weighted by atomic mass is 10.2. The highest BCUT2D eigenvalue weighted by molar-refractivity contribution is 6.31. The number of hydrogen-bond acceptors (Lipinski definition) is 3. The van der Waals surface area contributed by atoms with Crippen LogP contribution in [-0.4, -0.2) is 12.4 Å². The zero-order valence-electron chi connectivity index (χ0n) is 10.5. The van der Waals surface area contributed by atoms with E-state index in [1.165, 1.54) is 12.1 Å². The maximum atomic E-state index is 11.7. The van der Waals surface area contributed by atoms with Gasteiger partial charge in [0, 0.05) is 10.6 Å². The monoisotopic (exact) mass is 289 g/mol. The molecule has 0 aliphatic heterocycles. The Hall–Kier alpha value is -2.33. The topological polar surface area (TPSA) is 55.4 Å². The van der Waals surface area contributed by atoms with E-state index in [-0.39, 0.29) is 6.61 Å². The van der Waals surface area contributed by atoms with Crippen molar-refractivity contribution >= 4 is 29.7 Å². The fourth-order valence-corrected chi connectivity index (χ4v) is 1.78. The van der Waals surface area contributed by atoms with Crippen molar-refractivity contribution < 1.29 is 14.3 Å². The van der Waals surface area contributed by atoms with Gasteiger partial charge in [-0.1, -0.05) is 41.9 Å². The number of benzene rings is 2. The summed E-state index contributed by atoms with van der Waals surface area (Å²) in [6.07, 6.45) is 0.00239. The summed E-state index contributed by atoms with van der Waals surface area (Å²) in [6, 6.07) is 13.9. The highest BCUT2D eigenvalue weighted by Crippen LogP contribution is 2.20. The molecule has 0 bridgehead atoms. The Bertz CT molecular complexity index is 614. The second-order valence-corrected chi connectivity index (χ2v) is 4.47. The summed E-state index contributed by atoms with van der Waals surface area (Å²) in [7, 11) is 0. The second kappa shape index (κ2) is 6.73. The summed E-state index contributed by atoms with van der Waals surface area (Å²) < 4.78 is 5.06. The van der Waals surface area contributed by atoms with Gasteiger partial charge in [0.25, 0.3) is 0 Å². The van der Waals surface area contributed by atoms with Crippen molar-refractivity contribution in [2.24, 2.45) is 0 Å². The highest BCUT2D eigenvalue weighted by atomic mass is 35.5. The van der Waals surface area contributed by atoms with Crippen LogP contribution < -0.4 is 5.32 Å². The van der Waals surface area contributed by atoms with Crippen molar-refractivity contribution in [1.29, 1.82) is 0 Å². The highest BCUT2D eigenvalue weighted by Gasteiger charge is 2.08. The van der Waals surface area contributed by atoms with E-state index in [2.05, 4.69) is 5.32 Å². The molecule has 0 unspecified atom stereocenters. The lowest BCUT2D eigenvalue weighted by Gasteiger charge is -2.09. The van der Waals surface area contributed by atoms with Gasteiger partial charge in [-0.15, -0.1) is 0 Å². The Morgan fingerprint density at radius 1 is 1.20 bits per heavy atom. The molecule has 0 aliphatic rings. The van der Waals surface area contributed by atoms with E-state index in [1.54, 1.807) is 6.07 Å². The van der Waals surface area contributed by atoms with E-state index in [0.29, 0.717) is 22.6 Å². The minimum Gasteiger partial charge on any atom is -0.444 e. The summed E-state index contributed by atoms with van der Waals surface area (Å²) >= 11 is 5.82. The number of aldehydes is 1. The molecule has 0 heterocycles. The first kappa shape index (κ1) is 14.1. The Kier molecular flexibility index (Phi) is 4.74. The predicted octanol–water partition coefficient (Wildman–Crippen LogP) is 3.90. The molecule has 0 aromatic heterocycles. The van der Waals surface area contributed by atoms with Crippen molar-refractivity contribution in [3.05, 3.63) is 64.7 Å². The average molecular weight is 290 g/mol. The number of carbonyl (C=O) groups excluding carboxylic acids is 2. The zero-order valence-corrected chi connectivity index (χ0v) is 11.3. The Morgan fingerprint density at radius 3 is 2.65 bits per heavy atom. The Labute approximate surface area is 121 Å². The maximum absolute atomic E-state index is 11.7. The number of carbonyl (C=O) groups is 2. The molecule has 2 aromatic rings. The fourth-order valence-electron chi connectivity index (χ4n) is 1.61. The van der Waals surface area contributed by atoms with Crippen molar-refractivity contribution in [1.82, 2.24) is 0 Å². The van der Waals surface area contributed by atoms with Crippen molar-refractivity contribution in [2.45, 2.75) is 6.61 Å². The Morgan fingerprint density at radius 2 is 1.95 bits per heavy atom. The minimum atomic E-state index is -0.640. The second-order valence-electron chi connectivity index (χ2n) is 4.04. The number of amides is 1. The maximum Gasteiger partial charge on any atom is 0.411 e. The Balaban J connectivity index is 1.98. The third-order valence-electron chi connectivity index (χ3n) is 2.59. The fraction of sp³-hybridized carbons (Fsp3) is 0.0667. The summed E-state index contributed by atoms with van der Waals surface area (Å²) in [5.41, 5.74) is 1.54. The average Bonchev–Trinajstić information content (AvgIpc) is 2.46. The van der Waals surface area contributed by atoms with Crippen molar-refractivity contribution in [3.63, 3.8) is 0 Å². The van der Waals surface area contributed by atoms with Gasteiger partial charge in [-0.05, 0) is 23.8 Å². The third kappa shape index (κ3) is 3.83. The third-order valence-corrected chi connectivity index (χ3v) is 2.83. The van der Waals surface area contributed by atoms with Crippen LogP contribution in [0.4, 0.5) is 10.5 Å². The van der Waals surface area contributed by atoms with E-state index in [1.807, 2.05) is 30.3 Å². The summed E-state index contributed by atoms with van der Waals surface area (Å²) in [5.74, 6) is 0. The molecule has 0 spiro atoms. The number of rotatable bonds is 4. The van der Waals surface area contributed by atoms with Gasteiger partial charge < -0.3 is 4.74 Å². The molecular formula is C15H12ClNO3. The van der Waals surface area contributed by atoms with Gasteiger partial charge in [-0.2, -0.15) is 0 Å². The molecule has 0 atom stereocenters. The van der Waals surface area contributed by atoms with Gasteiger partial charge >= 0.3 is 6.09 Å². The normalized spacial score (nSPS) is 9.85. The minimum absolute atomic E-state index is 0.156. The summed E-state index contributed by atoms with van der Waals surface area (Å²) in [4.78, 5) is 22.5. The van der Waals surface area contributed by atoms with Crippen LogP contribution >= 0.6 is 11.6 Å². The molecule has 1 N–H and O–H groups in total. The largest absolute Gasteiger partial charge is 0.444 e. The van der Waals surface area contributed by atoms with E-state index in [9.17, 15) is 9.59 Å². The number of hydrogen-bond donors (Lipinski definition) is 1. The molecule has 0 saturated heterocycles. The van der Waals surface area contributed by atoms with E-state index < -0.39 is 6.09 Å². The van der Waals surface area contributed by atoms with Crippen LogP contribution in [0.5, 0.6) is 0 Å². The molecule has 5 heteroatoms. The lowest BCUT2D eigenvalue weighted by Crippen LogP contribution is -2.14. The van der Waals surface area contributed by atoms with E-state index in [4.69, 9.17) is 16.3 Å². The van der Waals surface area contributed by atoms with Gasteiger partial charge in [-0.25, -0.2) is 4.79 Å². The molecule has 4 nitrogen and oxygen atoms in total. The first-order valence-electron chi connectivity index (χ1n) is 5.91. The molecule has 1 amide bonds. The van der Waals surface area contributed by atoms with Gasteiger partial charge in [0.15, 0.2) is 6.29 Å². The van der Waals surface area contributed by atoms with Gasteiger partial charge in [0.05, 0.1) is 5.69 Å². The van der Waals surface area contributed by atoms with Crippen LogP contribution in [-0.2, 0) is 11.3 Å². The van der Waals surface area contributed by atoms with Crippen LogP contribution in [0.3, 0.4) is 0 Å². The lowest BCUT2D eigenvalue weighted by molar-refractivity contribution is 0.112. The number of ether oxygens (including phenoxy) is 1. The SMILES string of the molecule is O=Cc1ccc(Cl)cc1NC(=O)OCc1ccccc1. The zero-order chi connectivity index (χ0) is 14.4. The van der Waals surface area contributed by atoms with Crippen LogP contribution in [0.2, 0.25) is 5.02 Å². The van der Waals surface area contributed by atoms with Gasteiger partial charge in [-0.3, -0.25) is 10.1 Å². The number of nitrogens with one attached hydrogen (secondary N) is 1. The van der Waals surface area contributed by atoms with E-state index >= 15 is 0 Å². The molecule has 0 radical (unpaired) electrons. The van der Waals surface area contributed by atoms with Crippen molar-refractivity contribution in [2.75, 3.05) is 5.32 Å². The summed E-state index contributed by atoms with van der Waals surface area (Å²) in [6.45, 7) is 0.156. The summed E-state index contributed by atoms with van der Waals surface area (Å²) in [5, 5.41) is 2.92. The number of halogens is 1. The van der Waals surface area contributed by atoms with Gasteiger partial charge in [0.2, 0.25) is 0 Å². The van der Waals surface area contributed by atoms with Crippen LogP contribution in [0.25, 0.3) is 0 Å². The quantitative estimate of drug-likeness (QED) is 0.869. The van der Waals surface area contributed by atoms with Crippen LogP contribution in [0.15, 0.2) is 48.5 Å². The standard InChI is InChI=1S/C15H12ClNO3/c16-13-7-6-12(9-18)14(8-13)17-15(19)20-10-11-4-2-1-3-5-11/h1-9H,10H2,(H,17,19). The molecule has 0 saturated carbocycles. The van der Waals surface area contributed by atoms with Crippen molar-refractivity contribution in [3.8, 4) is 0 Å². The molecule has 20 heavy (non-hydrogen) atoms. The molecule has 0 fully saturated rings. The smallest absolute Gasteiger partial charge is 0.411 e. The molecule has 102 valence electrons. The van der Waals surface area contributed by atoms with E-state index in [0.717, 1.165) is 5.56 Å². The molecule has 2 aromatic carbocycles. The molecular weight excluding hydrogens is 278 g/mol. The molecule has 0 aliphatic carbocycles.